The van der Waals surface area contributed by atoms with Gasteiger partial charge in [0.2, 0.25) is 0 Å². The number of hydrogen-bond donors (Lipinski definition) is 1. The van der Waals surface area contributed by atoms with Gasteiger partial charge in [0, 0.05) is 19.2 Å². The Morgan fingerprint density at radius 3 is 2.32 bits per heavy atom. The summed E-state index contributed by atoms with van der Waals surface area (Å²) in [6, 6.07) is 10.4. The van der Waals surface area contributed by atoms with Gasteiger partial charge in [0.05, 0.1) is 6.04 Å². The van der Waals surface area contributed by atoms with Crippen molar-refractivity contribution >= 4 is 17.1 Å². The van der Waals surface area contributed by atoms with Crippen LogP contribution in [0.5, 0.6) is 0 Å². The maximum Gasteiger partial charge on any atom is 0.410 e. The molecule has 0 spiro atoms. The SMILES string of the molecule is CC(C)(C)[SH+](=O)N[C@H](Cc1cc(F)c(F)cc1F)C1CCN(C(=O)OCc2ccccc2)CC1. The van der Waals surface area contributed by atoms with Crippen molar-refractivity contribution in [3.05, 3.63) is 71.0 Å². The van der Waals surface area contributed by atoms with Gasteiger partial charge in [0.25, 0.3) is 0 Å². The summed E-state index contributed by atoms with van der Waals surface area (Å²) in [6.07, 6.45) is 0.815. The van der Waals surface area contributed by atoms with Crippen LogP contribution in [0.25, 0.3) is 0 Å². The summed E-state index contributed by atoms with van der Waals surface area (Å²) in [6.45, 7) is 6.55. The van der Waals surface area contributed by atoms with E-state index in [2.05, 4.69) is 4.72 Å². The molecule has 3 rings (SSSR count). The lowest BCUT2D eigenvalue weighted by atomic mass is 9.86. The molecule has 0 radical (unpaired) electrons. The van der Waals surface area contributed by atoms with Crippen LogP contribution in [0, 0.1) is 23.4 Å². The van der Waals surface area contributed by atoms with Gasteiger partial charge in [0.1, 0.15) is 28.2 Å². The Balaban J connectivity index is 1.65. The topological polar surface area (TPSA) is 58.6 Å². The third-order valence-electron chi connectivity index (χ3n) is 5.99. The van der Waals surface area contributed by atoms with E-state index in [1.165, 1.54) is 0 Å². The van der Waals surface area contributed by atoms with Crippen molar-refractivity contribution in [3.63, 3.8) is 0 Å². The van der Waals surface area contributed by atoms with Crippen molar-refractivity contribution in [1.82, 2.24) is 9.62 Å². The van der Waals surface area contributed by atoms with Crippen LogP contribution < -0.4 is 4.72 Å². The molecule has 1 heterocycles. The van der Waals surface area contributed by atoms with Crippen LogP contribution in [0.3, 0.4) is 0 Å². The number of ether oxygens (including phenoxy) is 1. The van der Waals surface area contributed by atoms with Crippen molar-refractivity contribution < 1.29 is 26.9 Å². The largest absolute Gasteiger partial charge is 0.445 e. The maximum atomic E-state index is 14.3. The zero-order chi connectivity index (χ0) is 24.9. The Morgan fingerprint density at radius 1 is 1.09 bits per heavy atom. The smallest absolute Gasteiger partial charge is 0.410 e. The number of amides is 1. The monoisotopic (exact) mass is 497 g/mol. The van der Waals surface area contributed by atoms with Crippen molar-refractivity contribution in [2.75, 3.05) is 13.1 Å². The van der Waals surface area contributed by atoms with Crippen LogP contribution in [-0.4, -0.2) is 34.9 Å². The predicted molar refractivity (Wildman–Crippen MR) is 127 cm³/mol. The molecule has 186 valence electrons. The molecule has 0 bridgehead atoms. The zero-order valence-electron chi connectivity index (χ0n) is 19.7. The minimum Gasteiger partial charge on any atom is -0.445 e. The number of carbonyl (C=O) groups is 1. The second-order valence-electron chi connectivity index (χ2n) is 9.63. The summed E-state index contributed by atoms with van der Waals surface area (Å²) < 4.78 is 62.3. The summed E-state index contributed by atoms with van der Waals surface area (Å²) in [5.41, 5.74) is 0.924. The molecule has 5 nitrogen and oxygen atoms in total. The van der Waals surface area contributed by atoms with Gasteiger partial charge in [-0.3, -0.25) is 0 Å². The van der Waals surface area contributed by atoms with Gasteiger partial charge in [0.15, 0.2) is 11.6 Å². The van der Waals surface area contributed by atoms with E-state index in [1.807, 2.05) is 51.1 Å². The Hall–Kier alpha value is -2.39. The van der Waals surface area contributed by atoms with E-state index >= 15 is 0 Å². The highest BCUT2D eigenvalue weighted by molar-refractivity contribution is 7.84. The number of carbonyl (C=O) groups excluding carboxylic acids is 1. The fourth-order valence-corrected chi connectivity index (χ4v) is 4.90. The number of thiol groups is 1. The second-order valence-corrected chi connectivity index (χ2v) is 11.8. The van der Waals surface area contributed by atoms with Crippen LogP contribution in [0.15, 0.2) is 42.5 Å². The van der Waals surface area contributed by atoms with E-state index in [0.717, 1.165) is 11.6 Å². The molecular weight excluding hydrogens is 465 g/mol. The molecule has 1 aliphatic rings. The Morgan fingerprint density at radius 2 is 1.71 bits per heavy atom. The first kappa shape index (κ1) is 26.2. The van der Waals surface area contributed by atoms with Gasteiger partial charge in [-0.1, -0.05) is 34.5 Å². The molecule has 0 saturated carbocycles. The Kier molecular flexibility index (Phi) is 8.76. The normalized spacial score (nSPS) is 16.8. The lowest BCUT2D eigenvalue weighted by molar-refractivity contribution is 0.0791. The Bertz CT molecular complexity index is 1010. The van der Waals surface area contributed by atoms with E-state index in [4.69, 9.17) is 4.74 Å². The molecule has 9 heteroatoms. The van der Waals surface area contributed by atoms with Crippen LogP contribution in [-0.2, 0) is 33.0 Å². The molecule has 1 N–H and O–H groups in total. The first-order valence-electron chi connectivity index (χ1n) is 11.4. The fraction of sp³-hybridized carbons (Fsp3) is 0.480. The average Bonchev–Trinajstić information content (AvgIpc) is 2.80. The lowest BCUT2D eigenvalue weighted by Gasteiger charge is -2.35. The zero-order valence-corrected chi connectivity index (χ0v) is 20.6. The molecular formula is C25H32F3N2O3S+. The molecule has 0 aliphatic carbocycles. The van der Waals surface area contributed by atoms with E-state index in [-0.39, 0.29) is 24.5 Å². The summed E-state index contributed by atoms with van der Waals surface area (Å²) in [4.78, 5) is 14.1. The van der Waals surface area contributed by atoms with Crippen LogP contribution in [0.2, 0.25) is 0 Å². The summed E-state index contributed by atoms with van der Waals surface area (Å²) >= 11 is 0. The standard InChI is InChI=1S/C25H31F3N2O3S/c1-25(2,3)34(32)29-23(14-19-13-21(27)22(28)15-20(19)26)18-9-11-30(12-10-18)24(31)33-16-17-7-5-4-6-8-17/h4-8,13,15,18,23H,9-12,14,16H2,1-3H3,(H,29,32)/p+1/t23-,34?/m1/s1. The van der Waals surface area contributed by atoms with Crippen molar-refractivity contribution in [2.45, 2.75) is 57.4 Å². The number of benzene rings is 2. The highest BCUT2D eigenvalue weighted by atomic mass is 32.2. The molecule has 1 saturated heterocycles. The third-order valence-corrected chi connectivity index (χ3v) is 7.78. The first-order chi connectivity index (χ1) is 16.0. The third kappa shape index (κ3) is 7.06. The molecule has 1 amide bonds. The number of hydrogen-bond acceptors (Lipinski definition) is 3. The van der Waals surface area contributed by atoms with E-state index in [1.54, 1.807) is 4.90 Å². The molecule has 1 unspecified atom stereocenters. The van der Waals surface area contributed by atoms with Crippen LogP contribution >= 0.6 is 0 Å². The highest BCUT2D eigenvalue weighted by Crippen LogP contribution is 2.27. The first-order valence-corrected chi connectivity index (χ1v) is 12.6. The van der Waals surface area contributed by atoms with Crippen molar-refractivity contribution in [3.8, 4) is 0 Å². The highest BCUT2D eigenvalue weighted by Gasteiger charge is 2.35. The van der Waals surface area contributed by atoms with Crippen LogP contribution in [0.4, 0.5) is 18.0 Å². The molecule has 34 heavy (non-hydrogen) atoms. The molecule has 2 aromatic rings. The molecule has 0 aromatic heterocycles. The molecule has 1 fully saturated rings. The second kappa shape index (κ2) is 11.4. The average molecular weight is 498 g/mol. The number of rotatable bonds is 7. The van der Waals surface area contributed by atoms with Crippen LogP contribution in [0.1, 0.15) is 44.7 Å². The fourth-order valence-electron chi connectivity index (χ4n) is 3.91. The number of likely N-dealkylation sites (tertiary alicyclic amines) is 1. The lowest BCUT2D eigenvalue weighted by Crippen LogP contribution is -2.48. The van der Waals surface area contributed by atoms with Gasteiger partial charge < -0.3 is 9.64 Å². The minimum absolute atomic E-state index is 0.0263. The Labute approximate surface area is 201 Å². The summed E-state index contributed by atoms with van der Waals surface area (Å²) in [5.74, 6) is -3.23. The van der Waals surface area contributed by atoms with E-state index in [0.29, 0.717) is 32.0 Å². The van der Waals surface area contributed by atoms with Gasteiger partial charge in [-0.2, -0.15) is 0 Å². The van der Waals surface area contributed by atoms with E-state index < -0.39 is 45.3 Å². The summed E-state index contributed by atoms with van der Waals surface area (Å²) in [7, 11) is -1.86. The predicted octanol–water partition coefficient (Wildman–Crippen LogP) is 5.06. The van der Waals surface area contributed by atoms with Gasteiger partial charge in [-0.25, -0.2) is 18.0 Å². The minimum atomic E-state index is -1.86. The van der Waals surface area contributed by atoms with Gasteiger partial charge in [-0.15, -0.1) is 4.72 Å². The quantitative estimate of drug-likeness (QED) is 0.330. The number of piperidine rings is 1. The number of nitrogens with one attached hydrogen (secondary N) is 1. The van der Waals surface area contributed by atoms with Gasteiger partial charge >= 0.3 is 6.09 Å². The molecule has 2 aromatic carbocycles. The molecule has 2 atom stereocenters. The number of halogens is 3. The molecule has 1 aliphatic heterocycles. The van der Waals surface area contributed by atoms with Crippen molar-refractivity contribution in [1.29, 1.82) is 0 Å². The number of nitrogens with zero attached hydrogens (tertiary/aromatic N) is 1. The maximum absolute atomic E-state index is 14.3. The van der Waals surface area contributed by atoms with E-state index in [9.17, 15) is 22.2 Å². The van der Waals surface area contributed by atoms with Crippen molar-refractivity contribution in [2.24, 2.45) is 5.92 Å². The summed E-state index contributed by atoms with van der Waals surface area (Å²) in [5, 5.41) is 0. The van der Waals surface area contributed by atoms with Gasteiger partial charge in [-0.05, 0) is 63.1 Å².